The summed E-state index contributed by atoms with van der Waals surface area (Å²) in [5, 5.41) is 0.241. The Bertz CT molecular complexity index is 909. The van der Waals surface area contributed by atoms with E-state index < -0.39 is 9.84 Å². The standard InChI is InChI=1S/C21H25Cl3O5S/c1-14(10-22)12-29-21-19(23)8-18(9-20(21)24)30(25,26)17-6-4-16(5-7-17)28-13-15(2)11-27-3/h4-9,14-15H,10-13H2,1-3H3. The summed E-state index contributed by atoms with van der Waals surface area (Å²) >= 11 is 18.3. The highest BCUT2D eigenvalue weighted by atomic mass is 35.5. The summed E-state index contributed by atoms with van der Waals surface area (Å²) in [7, 11) is -2.18. The fourth-order valence-corrected chi connectivity index (χ4v) is 4.65. The number of hydrogen-bond donors (Lipinski definition) is 0. The molecular formula is C21H25Cl3O5S. The van der Waals surface area contributed by atoms with E-state index in [0.29, 0.717) is 31.5 Å². The van der Waals surface area contributed by atoms with Gasteiger partial charge in [-0.05, 0) is 36.4 Å². The quantitative estimate of drug-likeness (QED) is 0.372. The van der Waals surface area contributed by atoms with Crippen molar-refractivity contribution in [1.29, 1.82) is 0 Å². The molecule has 2 aromatic rings. The van der Waals surface area contributed by atoms with Gasteiger partial charge in [-0.15, -0.1) is 11.6 Å². The first-order valence-corrected chi connectivity index (χ1v) is 12.1. The topological polar surface area (TPSA) is 61.8 Å². The normalized spacial score (nSPS) is 13.7. The van der Waals surface area contributed by atoms with Crippen LogP contribution in [0, 0.1) is 11.8 Å². The summed E-state index contributed by atoms with van der Waals surface area (Å²) in [6.45, 7) is 5.28. The molecule has 0 aliphatic carbocycles. The van der Waals surface area contributed by atoms with Crippen LogP contribution in [0.25, 0.3) is 0 Å². The van der Waals surface area contributed by atoms with Gasteiger partial charge < -0.3 is 14.2 Å². The molecule has 0 spiro atoms. The Morgan fingerprint density at radius 3 is 1.97 bits per heavy atom. The molecule has 0 heterocycles. The Labute approximate surface area is 193 Å². The van der Waals surface area contributed by atoms with E-state index in [0.717, 1.165) is 0 Å². The summed E-state index contributed by atoms with van der Waals surface area (Å²) in [6, 6.07) is 8.86. The molecule has 0 saturated carbocycles. The van der Waals surface area contributed by atoms with Crippen LogP contribution in [0.1, 0.15) is 13.8 Å². The Morgan fingerprint density at radius 2 is 1.43 bits per heavy atom. The first kappa shape index (κ1) is 25.1. The first-order chi connectivity index (χ1) is 14.2. The highest BCUT2D eigenvalue weighted by molar-refractivity contribution is 7.91. The summed E-state index contributed by atoms with van der Waals surface area (Å²) in [4.78, 5) is 0.0916. The third-order valence-electron chi connectivity index (χ3n) is 4.18. The van der Waals surface area contributed by atoms with Gasteiger partial charge in [-0.25, -0.2) is 8.42 Å². The van der Waals surface area contributed by atoms with Gasteiger partial charge in [0.05, 0.1) is 39.7 Å². The van der Waals surface area contributed by atoms with Crippen LogP contribution in [-0.4, -0.2) is 41.2 Å². The largest absolute Gasteiger partial charge is 0.493 e. The van der Waals surface area contributed by atoms with Crippen LogP contribution in [0.5, 0.6) is 11.5 Å². The molecule has 30 heavy (non-hydrogen) atoms. The molecule has 2 aromatic carbocycles. The molecule has 0 aliphatic heterocycles. The van der Waals surface area contributed by atoms with Gasteiger partial charge in [0.1, 0.15) is 5.75 Å². The molecule has 9 heteroatoms. The maximum absolute atomic E-state index is 13.0. The van der Waals surface area contributed by atoms with Crippen molar-refractivity contribution >= 4 is 44.6 Å². The van der Waals surface area contributed by atoms with Gasteiger partial charge in [0.25, 0.3) is 0 Å². The zero-order valence-electron chi connectivity index (χ0n) is 17.0. The van der Waals surface area contributed by atoms with Crippen molar-refractivity contribution < 1.29 is 22.6 Å². The van der Waals surface area contributed by atoms with Crippen molar-refractivity contribution in [3.63, 3.8) is 0 Å². The van der Waals surface area contributed by atoms with Crippen molar-refractivity contribution in [1.82, 2.24) is 0 Å². The Balaban J connectivity index is 2.18. The summed E-state index contributed by atoms with van der Waals surface area (Å²) < 4.78 is 42.3. The molecular weight excluding hydrogens is 471 g/mol. The van der Waals surface area contributed by atoms with Gasteiger partial charge in [-0.1, -0.05) is 37.0 Å². The molecule has 0 aromatic heterocycles. The maximum atomic E-state index is 13.0. The van der Waals surface area contributed by atoms with Crippen LogP contribution in [-0.2, 0) is 14.6 Å². The zero-order chi connectivity index (χ0) is 22.3. The number of benzene rings is 2. The summed E-state index contributed by atoms with van der Waals surface area (Å²) in [5.41, 5.74) is 0. The van der Waals surface area contributed by atoms with E-state index in [1.54, 1.807) is 19.2 Å². The minimum atomic E-state index is -3.81. The molecule has 2 atom stereocenters. The number of ether oxygens (including phenoxy) is 3. The molecule has 0 radical (unpaired) electrons. The van der Waals surface area contributed by atoms with Crippen LogP contribution in [0.15, 0.2) is 46.2 Å². The third kappa shape index (κ3) is 6.66. The lowest BCUT2D eigenvalue weighted by Crippen LogP contribution is -2.13. The van der Waals surface area contributed by atoms with Crippen LogP contribution in [0.2, 0.25) is 10.0 Å². The molecule has 0 fully saturated rings. The van der Waals surface area contributed by atoms with E-state index in [9.17, 15) is 8.42 Å². The van der Waals surface area contributed by atoms with Gasteiger partial charge in [-0.2, -0.15) is 0 Å². The van der Waals surface area contributed by atoms with Crippen molar-refractivity contribution in [2.45, 2.75) is 23.6 Å². The minimum Gasteiger partial charge on any atom is -0.493 e. The van der Waals surface area contributed by atoms with E-state index in [4.69, 9.17) is 49.0 Å². The highest BCUT2D eigenvalue weighted by Crippen LogP contribution is 2.37. The van der Waals surface area contributed by atoms with Gasteiger partial charge in [0, 0.05) is 24.8 Å². The number of sulfone groups is 1. The molecule has 0 amide bonds. The first-order valence-electron chi connectivity index (χ1n) is 9.33. The predicted molar refractivity (Wildman–Crippen MR) is 120 cm³/mol. The average Bonchev–Trinajstić information content (AvgIpc) is 2.71. The van der Waals surface area contributed by atoms with Crippen molar-refractivity contribution in [2.75, 3.05) is 32.8 Å². The van der Waals surface area contributed by atoms with E-state index in [1.165, 1.54) is 24.3 Å². The van der Waals surface area contributed by atoms with Crippen molar-refractivity contribution in [2.24, 2.45) is 11.8 Å². The predicted octanol–water partition coefficient (Wildman–Crippen LogP) is 5.74. The molecule has 0 aliphatic rings. The smallest absolute Gasteiger partial charge is 0.206 e. The van der Waals surface area contributed by atoms with Gasteiger partial charge in [0.15, 0.2) is 5.75 Å². The Morgan fingerprint density at radius 1 is 0.867 bits per heavy atom. The molecule has 0 saturated heterocycles. The number of halogens is 3. The lowest BCUT2D eigenvalue weighted by atomic mass is 10.2. The van der Waals surface area contributed by atoms with Crippen LogP contribution in [0.3, 0.4) is 0 Å². The highest BCUT2D eigenvalue weighted by Gasteiger charge is 2.22. The van der Waals surface area contributed by atoms with Crippen molar-refractivity contribution in [3.05, 3.63) is 46.4 Å². The van der Waals surface area contributed by atoms with Crippen LogP contribution in [0.4, 0.5) is 0 Å². The second-order valence-electron chi connectivity index (χ2n) is 7.13. The minimum absolute atomic E-state index is 0.0161. The summed E-state index contributed by atoms with van der Waals surface area (Å²) in [5.74, 6) is 1.55. The molecule has 0 bridgehead atoms. The van der Waals surface area contributed by atoms with Gasteiger partial charge >= 0.3 is 0 Å². The fraction of sp³-hybridized carbons (Fsp3) is 0.429. The monoisotopic (exact) mass is 494 g/mol. The maximum Gasteiger partial charge on any atom is 0.206 e. The molecule has 2 rings (SSSR count). The second kappa shape index (κ2) is 11.4. The second-order valence-corrected chi connectivity index (χ2v) is 10.2. The van der Waals surface area contributed by atoms with E-state index in [2.05, 4.69) is 0 Å². The molecule has 166 valence electrons. The van der Waals surface area contributed by atoms with Gasteiger partial charge in [0.2, 0.25) is 9.84 Å². The van der Waals surface area contributed by atoms with E-state index in [1.807, 2.05) is 13.8 Å². The lowest BCUT2D eigenvalue weighted by Gasteiger charge is -2.15. The van der Waals surface area contributed by atoms with Crippen LogP contribution >= 0.6 is 34.8 Å². The number of hydrogen-bond acceptors (Lipinski definition) is 5. The molecule has 2 unspecified atom stereocenters. The zero-order valence-corrected chi connectivity index (χ0v) is 20.1. The van der Waals surface area contributed by atoms with Gasteiger partial charge in [-0.3, -0.25) is 0 Å². The Kier molecular flexibility index (Phi) is 9.57. The number of methoxy groups -OCH3 is 1. The fourth-order valence-electron chi connectivity index (χ4n) is 2.52. The number of rotatable bonds is 11. The van der Waals surface area contributed by atoms with E-state index in [-0.39, 0.29) is 37.4 Å². The van der Waals surface area contributed by atoms with Crippen molar-refractivity contribution in [3.8, 4) is 11.5 Å². The summed E-state index contributed by atoms with van der Waals surface area (Å²) in [6.07, 6.45) is 0. The van der Waals surface area contributed by atoms with Crippen LogP contribution < -0.4 is 9.47 Å². The molecule has 5 nitrogen and oxygen atoms in total. The average molecular weight is 496 g/mol. The SMILES string of the molecule is COCC(C)COc1ccc(S(=O)(=O)c2cc(Cl)c(OCC(C)CCl)c(Cl)c2)cc1. The lowest BCUT2D eigenvalue weighted by molar-refractivity contribution is 0.127. The molecule has 0 N–H and O–H groups in total. The van der Waals surface area contributed by atoms with E-state index >= 15 is 0 Å². The Hall–Kier alpha value is -1.18. The number of alkyl halides is 1. The third-order valence-corrected chi connectivity index (χ3v) is 7.01.